The van der Waals surface area contributed by atoms with Crippen molar-refractivity contribution in [2.45, 2.75) is 26.2 Å². The van der Waals surface area contributed by atoms with E-state index in [1.807, 2.05) is 0 Å². The van der Waals surface area contributed by atoms with Crippen molar-refractivity contribution >= 4 is 10.1 Å². The lowest BCUT2D eigenvalue weighted by Crippen LogP contribution is -2.01. The third-order valence-corrected chi connectivity index (χ3v) is 2.33. The highest BCUT2D eigenvalue weighted by molar-refractivity contribution is 7.89. The van der Waals surface area contributed by atoms with Gasteiger partial charge in [0.15, 0.2) is 0 Å². The summed E-state index contributed by atoms with van der Waals surface area (Å²) < 4.78 is 26.5. The van der Waals surface area contributed by atoms with Crippen LogP contribution in [0.25, 0.3) is 0 Å². The van der Waals surface area contributed by atoms with Crippen LogP contribution < -0.4 is 0 Å². The van der Waals surface area contributed by atoms with Gasteiger partial charge < -0.3 is 0 Å². The Morgan fingerprint density at radius 2 is 2.15 bits per heavy atom. The van der Waals surface area contributed by atoms with Crippen LogP contribution in [-0.2, 0) is 14.3 Å². The number of allylic oxidation sites excluding steroid dienone is 1. The summed E-state index contributed by atoms with van der Waals surface area (Å²) in [7, 11) is -3.48. The first-order valence-corrected chi connectivity index (χ1v) is 5.76. The molecule has 0 aliphatic carbocycles. The Labute approximate surface area is 80.2 Å². The predicted octanol–water partition coefficient (Wildman–Crippen LogP) is 2.22. The molecule has 0 spiro atoms. The Hall–Kier alpha value is -0.610. The molecule has 0 aliphatic heterocycles. The van der Waals surface area contributed by atoms with Crippen LogP contribution in [0.4, 0.5) is 0 Å². The van der Waals surface area contributed by atoms with Crippen LogP contribution in [-0.4, -0.2) is 15.0 Å². The highest BCUT2D eigenvalue weighted by Gasteiger charge is 2.02. The summed E-state index contributed by atoms with van der Waals surface area (Å²) in [6.07, 6.45) is 5.83. The summed E-state index contributed by atoms with van der Waals surface area (Å²) >= 11 is 0. The van der Waals surface area contributed by atoms with Gasteiger partial charge in [0.1, 0.15) is 0 Å². The molecule has 0 saturated heterocycles. The van der Waals surface area contributed by atoms with Gasteiger partial charge in [-0.15, -0.1) is 6.58 Å². The third-order valence-electron chi connectivity index (χ3n) is 1.34. The first kappa shape index (κ1) is 12.4. The zero-order valence-corrected chi connectivity index (χ0v) is 8.72. The molecule has 0 amide bonds. The molecule has 0 fully saturated rings. The Morgan fingerprint density at radius 1 is 1.46 bits per heavy atom. The summed E-state index contributed by atoms with van der Waals surface area (Å²) in [6, 6.07) is 0. The standard InChI is InChI=1S/C9H16O3S/c1-3-5-6-7-9-13(10,11)12-8-4-2/h4,7,9H,2-3,5-6,8H2,1H3. The van der Waals surface area contributed by atoms with Crippen molar-refractivity contribution < 1.29 is 12.6 Å². The van der Waals surface area contributed by atoms with Gasteiger partial charge in [-0.05, 0) is 6.42 Å². The lowest BCUT2D eigenvalue weighted by molar-refractivity contribution is 0.364. The number of unbranched alkanes of at least 4 members (excludes halogenated alkanes) is 2. The van der Waals surface area contributed by atoms with Crippen LogP contribution >= 0.6 is 0 Å². The van der Waals surface area contributed by atoms with E-state index in [1.54, 1.807) is 6.08 Å². The number of hydrogen-bond acceptors (Lipinski definition) is 3. The smallest absolute Gasteiger partial charge is 0.263 e. The third kappa shape index (κ3) is 7.74. The van der Waals surface area contributed by atoms with Crippen LogP contribution in [0.1, 0.15) is 26.2 Å². The second-order valence-electron chi connectivity index (χ2n) is 2.58. The van der Waals surface area contributed by atoms with Gasteiger partial charge in [-0.2, -0.15) is 8.42 Å². The molecule has 0 bridgehead atoms. The maximum Gasteiger partial charge on any atom is 0.290 e. The number of hydrogen-bond donors (Lipinski definition) is 0. The lowest BCUT2D eigenvalue weighted by Gasteiger charge is -1.96. The summed E-state index contributed by atoms with van der Waals surface area (Å²) in [5.74, 6) is 0. The van der Waals surface area contributed by atoms with Crippen molar-refractivity contribution in [2.75, 3.05) is 6.61 Å². The maximum atomic E-state index is 11.0. The minimum Gasteiger partial charge on any atom is -0.263 e. The molecule has 76 valence electrons. The largest absolute Gasteiger partial charge is 0.290 e. The Morgan fingerprint density at radius 3 is 2.69 bits per heavy atom. The zero-order valence-electron chi connectivity index (χ0n) is 7.90. The molecule has 0 radical (unpaired) electrons. The maximum absolute atomic E-state index is 11.0. The van der Waals surface area contributed by atoms with Gasteiger partial charge in [0.25, 0.3) is 10.1 Å². The van der Waals surface area contributed by atoms with Gasteiger partial charge in [-0.3, -0.25) is 4.18 Å². The topological polar surface area (TPSA) is 43.4 Å². The molecule has 0 aliphatic rings. The van der Waals surface area contributed by atoms with E-state index >= 15 is 0 Å². The van der Waals surface area contributed by atoms with Gasteiger partial charge in [-0.1, -0.05) is 31.9 Å². The van der Waals surface area contributed by atoms with Crippen LogP contribution in [0.5, 0.6) is 0 Å². The fraction of sp³-hybridized carbons (Fsp3) is 0.556. The van der Waals surface area contributed by atoms with E-state index in [0.717, 1.165) is 24.7 Å². The fourth-order valence-electron chi connectivity index (χ4n) is 0.690. The summed E-state index contributed by atoms with van der Waals surface area (Å²) in [6.45, 7) is 5.44. The van der Waals surface area contributed by atoms with Crippen LogP contribution in [0.2, 0.25) is 0 Å². The molecule has 13 heavy (non-hydrogen) atoms. The van der Waals surface area contributed by atoms with Crippen molar-refractivity contribution in [1.29, 1.82) is 0 Å². The molecule has 0 aromatic rings. The average Bonchev–Trinajstić information content (AvgIpc) is 2.09. The minimum atomic E-state index is -3.48. The Kier molecular flexibility index (Phi) is 6.54. The molecule has 0 N–H and O–H groups in total. The van der Waals surface area contributed by atoms with Crippen molar-refractivity contribution in [3.8, 4) is 0 Å². The first-order chi connectivity index (χ1) is 6.12. The highest BCUT2D eigenvalue weighted by Crippen LogP contribution is 2.00. The van der Waals surface area contributed by atoms with Gasteiger partial charge in [0, 0.05) is 0 Å². The SMILES string of the molecule is C=CCOS(=O)(=O)C=CCCCC. The fourth-order valence-corrected chi connectivity index (χ4v) is 1.43. The van der Waals surface area contributed by atoms with Gasteiger partial charge in [-0.25, -0.2) is 0 Å². The lowest BCUT2D eigenvalue weighted by atomic mass is 10.2. The van der Waals surface area contributed by atoms with Gasteiger partial charge >= 0.3 is 0 Å². The molecule has 0 aromatic heterocycles. The van der Waals surface area contributed by atoms with E-state index in [1.165, 1.54) is 6.08 Å². The van der Waals surface area contributed by atoms with E-state index in [0.29, 0.717) is 0 Å². The highest BCUT2D eigenvalue weighted by atomic mass is 32.2. The molecule has 3 nitrogen and oxygen atoms in total. The number of rotatable bonds is 7. The molecule has 4 heteroatoms. The van der Waals surface area contributed by atoms with Crippen LogP contribution in [0, 0.1) is 0 Å². The zero-order chi connectivity index (χ0) is 10.2. The van der Waals surface area contributed by atoms with Crippen molar-refractivity contribution in [3.05, 3.63) is 24.1 Å². The quantitative estimate of drug-likeness (QED) is 0.363. The predicted molar refractivity (Wildman–Crippen MR) is 53.7 cm³/mol. The minimum absolute atomic E-state index is 0.0282. The monoisotopic (exact) mass is 204 g/mol. The van der Waals surface area contributed by atoms with E-state index in [9.17, 15) is 8.42 Å². The Bertz CT molecular complexity index is 252. The van der Waals surface area contributed by atoms with Gasteiger partial charge in [0.05, 0.1) is 12.0 Å². The molecule has 0 heterocycles. The van der Waals surface area contributed by atoms with Crippen molar-refractivity contribution in [2.24, 2.45) is 0 Å². The molecule has 0 rings (SSSR count). The summed E-state index contributed by atoms with van der Waals surface area (Å²) in [5, 5.41) is 1.10. The van der Waals surface area contributed by atoms with E-state index in [-0.39, 0.29) is 6.61 Å². The van der Waals surface area contributed by atoms with Crippen molar-refractivity contribution in [1.82, 2.24) is 0 Å². The molecule has 0 saturated carbocycles. The van der Waals surface area contributed by atoms with E-state index < -0.39 is 10.1 Å². The second-order valence-corrected chi connectivity index (χ2v) is 4.07. The van der Waals surface area contributed by atoms with Gasteiger partial charge in [0.2, 0.25) is 0 Å². The molecule has 0 unspecified atom stereocenters. The first-order valence-electron chi connectivity index (χ1n) is 4.29. The molecule has 0 atom stereocenters. The normalized spacial score (nSPS) is 12.1. The molecule has 0 aromatic carbocycles. The summed E-state index contributed by atoms with van der Waals surface area (Å²) in [4.78, 5) is 0. The van der Waals surface area contributed by atoms with E-state index in [2.05, 4.69) is 17.7 Å². The van der Waals surface area contributed by atoms with Crippen LogP contribution in [0.3, 0.4) is 0 Å². The average molecular weight is 204 g/mol. The Balaban J connectivity index is 3.87. The van der Waals surface area contributed by atoms with Crippen molar-refractivity contribution in [3.63, 3.8) is 0 Å². The molecular formula is C9H16O3S. The van der Waals surface area contributed by atoms with Crippen LogP contribution in [0.15, 0.2) is 24.1 Å². The second kappa shape index (κ2) is 6.86. The summed E-state index contributed by atoms with van der Waals surface area (Å²) in [5.41, 5.74) is 0. The van der Waals surface area contributed by atoms with E-state index in [4.69, 9.17) is 0 Å². The molecular weight excluding hydrogens is 188 g/mol.